The van der Waals surface area contributed by atoms with Gasteiger partial charge in [-0.1, -0.05) is 58.4 Å². The average molecular weight is 406 g/mol. The Morgan fingerprint density at radius 1 is 1.04 bits per heavy atom. The number of nitrogens with one attached hydrogen (secondary N) is 1. The topological polar surface area (TPSA) is 64.6 Å². The molecular weight excluding hydrogens is 386 g/mol. The van der Waals surface area contributed by atoms with Crippen molar-refractivity contribution < 1.29 is 19.1 Å². The van der Waals surface area contributed by atoms with Gasteiger partial charge in [0.2, 0.25) is 0 Å². The molecule has 0 unspecified atom stereocenters. The molecule has 0 radical (unpaired) electrons. The second kappa shape index (κ2) is 9.34. The normalized spacial score (nSPS) is 12.9. The van der Waals surface area contributed by atoms with Gasteiger partial charge in [0.25, 0.3) is 5.91 Å². The van der Waals surface area contributed by atoms with Crippen LogP contribution in [0.25, 0.3) is 0 Å². The van der Waals surface area contributed by atoms with E-state index < -0.39 is 18.1 Å². The molecule has 25 heavy (non-hydrogen) atoms. The Morgan fingerprint density at radius 3 is 2.24 bits per heavy atom. The highest BCUT2D eigenvalue weighted by Gasteiger charge is 2.27. The number of esters is 1. The van der Waals surface area contributed by atoms with Crippen LogP contribution >= 0.6 is 15.9 Å². The number of hydrogen-bond donors (Lipinski definition) is 1. The van der Waals surface area contributed by atoms with Gasteiger partial charge in [0.15, 0.2) is 6.10 Å². The van der Waals surface area contributed by atoms with E-state index in [9.17, 15) is 9.59 Å². The van der Waals surface area contributed by atoms with Gasteiger partial charge in [-0.15, -0.1) is 0 Å². The number of hydrogen-bond acceptors (Lipinski definition) is 4. The first kappa shape index (κ1) is 19.1. The lowest BCUT2D eigenvalue weighted by Gasteiger charge is -2.21. The molecule has 1 N–H and O–H groups in total. The van der Waals surface area contributed by atoms with Crippen LogP contribution < -0.4 is 5.32 Å². The van der Waals surface area contributed by atoms with Crippen molar-refractivity contribution in [3.63, 3.8) is 0 Å². The second-order valence-electron chi connectivity index (χ2n) is 5.44. The maximum atomic E-state index is 12.6. The third-order valence-corrected chi connectivity index (χ3v) is 4.26. The Labute approximate surface area is 155 Å². The average Bonchev–Trinajstić information content (AvgIpc) is 2.64. The molecule has 0 bridgehead atoms. The summed E-state index contributed by atoms with van der Waals surface area (Å²) in [6.45, 7) is 0. The van der Waals surface area contributed by atoms with Crippen LogP contribution in [0.5, 0.6) is 0 Å². The van der Waals surface area contributed by atoms with Gasteiger partial charge in [-0.2, -0.15) is 0 Å². The molecule has 2 rings (SSSR count). The van der Waals surface area contributed by atoms with Gasteiger partial charge in [0.1, 0.15) is 6.04 Å². The molecule has 6 heteroatoms. The summed E-state index contributed by atoms with van der Waals surface area (Å²) in [5.41, 5.74) is 1.63. The van der Waals surface area contributed by atoms with Crippen LogP contribution in [0, 0.1) is 0 Å². The molecular formula is C19H20BrNO4. The zero-order chi connectivity index (χ0) is 18.2. The van der Waals surface area contributed by atoms with E-state index in [0.29, 0.717) is 6.42 Å². The zero-order valence-corrected chi connectivity index (χ0v) is 15.7. The molecule has 2 atom stereocenters. The van der Waals surface area contributed by atoms with E-state index in [0.717, 1.165) is 15.6 Å². The molecule has 0 spiro atoms. The fraction of sp³-hybridized carbons (Fsp3) is 0.263. The van der Waals surface area contributed by atoms with Crippen LogP contribution in [0.2, 0.25) is 0 Å². The molecule has 2 aromatic rings. The quantitative estimate of drug-likeness (QED) is 0.718. The molecule has 1 amide bonds. The number of carbonyl (C=O) groups excluding carboxylic acids is 2. The minimum absolute atomic E-state index is 0.330. The van der Waals surface area contributed by atoms with E-state index in [1.54, 1.807) is 12.1 Å². The van der Waals surface area contributed by atoms with Crippen molar-refractivity contribution in [3.05, 3.63) is 70.2 Å². The smallest absolute Gasteiger partial charge is 0.328 e. The lowest BCUT2D eigenvalue weighted by molar-refractivity contribution is -0.146. The van der Waals surface area contributed by atoms with Crippen molar-refractivity contribution in [1.82, 2.24) is 5.32 Å². The van der Waals surface area contributed by atoms with Gasteiger partial charge in [-0.3, -0.25) is 4.79 Å². The largest absolute Gasteiger partial charge is 0.467 e. The Morgan fingerprint density at radius 2 is 1.68 bits per heavy atom. The summed E-state index contributed by atoms with van der Waals surface area (Å²) in [7, 11) is 2.76. The van der Waals surface area contributed by atoms with Crippen molar-refractivity contribution in [1.29, 1.82) is 0 Å². The number of methoxy groups -OCH3 is 2. The molecule has 0 aliphatic rings. The Bertz CT molecular complexity index is 703. The van der Waals surface area contributed by atoms with Crippen LogP contribution in [0.15, 0.2) is 59.1 Å². The van der Waals surface area contributed by atoms with Gasteiger partial charge in [-0.05, 0) is 23.3 Å². The molecule has 0 aliphatic heterocycles. The summed E-state index contributed by atoms with van der Waals surface area (Å²) in [6, 6.07) is 15.9. The minimum atomic E-state index is -0.793. The maximum Gasteiger partial charge on any atom is 0.328 e. The minimum Gasteiger partial charge on any atom is -0.467 e. The summed E-state index contributed by atoms with van der Waals surface area (Å²) in [5.74, 6) is -0.889. The first-order chi connectivity index (χ1) is 12.0. The zero-order valence-electron chi connectivity index (χ0n) is 14.1. The van der Waals surface area contributed by atoms with Crippen molar-refractivity contribution in [2.75, 3.05) is 14.2 Å². The number of rotatable bonds is 7. The van der Waals surface area contributed by atoms with Crippen LogP contribution in [0.3, 0.4) is 0 Å². The highest BCUT2D eigenvalue weighted by atomic mass is 79.9. The first-order valence-corrected chi connectivity index (χ1v) is 8.55. The lowest BCUT2D eigenvalue weighted by Crippen LogP contribution is -2.45. The lowest BCUT2D eigenvalue weighted by atomic mass is 10.0. The Hall–Kier alpha value is -2.18. The number of ether oxygens (including phenoxy) is 2. The monoisotopic (exact) mass is 405 g/mol. The number of halogens is 1. The number of amides is 1. The van der Waals surface area contributed by atoms with Crippen LogP contribution in [0.1, 0.15) is 17.2 Å². The fourth-order valence-corrected chi connectivity index (χ4v) is 2.73. The molecule has 2 aromatic carbocycles. The molecule has 0 saturated carbocycles. The molecule has 0 aromatic heterocycles. The van der Waals surface area contributed by atoms with Gasteiger partial charge >= 0.3 is 5.97 Å². The fourth-order valence-electron chi connectivity index (χ4n) is 2.46. The molecule has 0 heterocycles. The van der Waals surface area contributed by atoms with Gasteiger partial charge < -0.3 is 14.8 Å². The SMILES string of the molecule is COC(=O)[C@@H](Cc1ccc(Br)cc1)NC(=O)[C@H](OC)c1ccccc1. The Balaban J connectivity index is 2.13. The van der Waals surface area contributed by atoms with E-state index in [4.69, 9.17) is 9.47 Å². The van der Waals surface area contributed by atoms with E-state index >= 15 is 0 Å². The van der Waals surface area contributed by atoms with Gasteiger partial charge in [0, 0.05) is 18.0 Å². The second-order valence-corrected chi connectivity index (χ2v) is 6.36. The summed E-state index contributed by atoms with van der Waals surface area (Å²) in [5, 5.41) is 2.73. The molecule has 5 nitrogen and oxygen atoms in total. The van der Waals surface area contributed by atoms with Crippen molar-refractivity contribution in [3.8, 4) is 0 Å². The first-order valence-electron chi connectivity index (χ1n) is 7.75. The summed E-state index contributed by atoms with van der Waals surface area (Å²) < 4.78 is 11.1. The van der Waals surface area contributed by atoms with E-state index in [1.165, 1.54) is 14.2 Å². The van der Waals surface area contributed by atoms with Gasteiger partial charge in [0.05, 0.1) is 7.11 Å². The number of carbonyl (C=O) groups is 2. The van der Waals surface area contributed by atoms with Crippen LogP contribution in [0.4, 0.5) is 0 Å². The van der Waals surface area contributed by atoms with E-state index in [-0.39, 0.29) is 5.91 Å². The van der Waals surface area contributed by atoms with Crippen LogP contribution in [-0.4, -0.2) is 32.1 Å². The summed E-state index contributed by atoms with van der Waals surface area (Å²) in [4.78, 5) is 24.7. The predicted molar refractivity (Wildman–Crippen MR) is 98.0 cm³/mol. The van der Waals surface area contributed by atoms with Crippen molar-refractivity contribution in [2.24, 2.45) is 0 Å². The third kappa shape index (κ3) is 5.41. The Kier molecular flexibility index (Phi) is 7.16. The van der Waals surface area contributed by atoms with Crippen LogP contribution in [-0.2, 0) is 25.5 Å². The highest BCUT2D eigenvalue weighted by molar-refractivity contribution is 9.10. The van der Waals surface area contributed by atoms with E-state index in [1.807, 2.05) is 42.5 Å². The summed E-state index contributed by atoms with van der Waals surface area (Å²) in [6.07, 6.45) is -0.463. The van der Waals surface area contributed by atoms with E-state index in [2.05, 4.69) is 21.2 Å². The summed E-state index contributed by atoms with van der Waals surface area (Å²) >= 11 is 3.37. The standard InChI is InChI=1S/C19H20BrNO4/c1-24-17(14-6-4-3-5-7-14)18(22)21-16(19(23)25-2)12-13-8-10-15(20)11-9-13/h3-11,16-17H,12H2,1-2H3,(H,21,22)/t16-,17-/m1/s1. The molecule has 0 saturated heterocycles. The van der Waals surface area contributed by atoms with Gasteiger partial charge in [-0.25, -0.2) is 4.79 Å². The van der Waals surface area contributed by atoms with Crippen molar-refractivity contribution in [2.45, 2.75) is 18.6 Å². The molecule has 132 valence electrons. The highest BCUT2D eigenvalue weighted by Crippen LogP contribution is 2.17. The third-order valence-electron chi connectivity index (χ3n) is 3.73. The predicted octanol–water partition coefficient (Wildman–Crippen LogP) is 3.04. The maximum absolute atomic E-state index is 12.6. The molecule has 0 aliphatic carbocycles. The number of benzene rings is 2. The van der Waals surface area contributed by atoms with Crippen molar-refractivity contribution >= 4 is 27.8 Å². The molecule has 0 fully saturated rings.